The molecule has 0 amide bonds. The van der Waals surface area contributed by atoms with Crippen LogP contribution in [0.3, 0.4) is 0 Å². The van der Waals surface area contributed by atoms with E-state index >= 15 is 0 Å². The Morgan fingerprint density at radius 1 is 1.47 bits per heavy atom. The number of hydrogen-bond acceptors (Lipinski definition) is 3. The van der Waals surface area contributed by atoms with E-state index in [9.17, 15) is 0 Å². The fraction of sp³-hybridized carbons (Fsp3) is 0.571. The molecule has 94 valence electrons. The van der Waals surface area contributed by atoms with Gasteiger partial charge >= 0.3 is 0 Å². The van der Waals surface area contributed by atoms with E-state index in [4.69, 9.17) is 9.47 Å². The predicted molar refractivity (Wildman–Crippen MR) is 68.4 cm³/mol. The highest BCUT2D eigenvalue weighted by atomic mass is 16.5. The fourth-order valence-electron chi connectivity index (χ4n) is 2.22. The van der Waals surface area contributed by atoms with E-state index in [-0.39, 0.29) is 0 Å². The molecule has 1 N–H and O–H groups in total. The standard InChI is InChI=1S/C14H21NO2/c1-11-5-6-14(16-2)12(8-11)9-15-10-13-4-3-7-17-13/h5-6,8,13,15H,3-4,7,9-10H2,1-2H3/t13-/m0/s1. The van der Waals surface area contributed by atoms with Gasteiger partial charge in [-0.25, -0.2) is 0 Å². The SMILES string of the molecule is COc1ccc(C)cc1CNC[C@@H]1CCCO1. The second kappa shape index (κ2) is 6.03. The van der Waals surface area contributed by atoms with Crippen molar-refractivity contribution in [3.8, 4) is 5.75 Å². The van der Waals surface area contributed by atoms with Crippen molar-refractivity contribution in [1.82, 2.24) is 5.32 Å². The Kier molecular flexibility index (Phi) is 4.40. The minimum absolute atomic E-state index is 0.394. The van der Waals surface area contributed by atoms with Crippen LogP contribution in [0.5, 0.6) is 5.75 Å². The van der Waals surface area contributed by atoms with Gasteiger partial charge in [0.1, 0.15) is 5.75 Å². The smallest absolute Gasteiger partial charge is 0.123 e. The van der Waals surface area contributed by atoms with Crippen LogP contribution in [0.25, 0.3) is 0 Å². The van der Waals surface area contributed by atoms with Crippen molar-refractivity contribution in [3.63, 3.8) is 0 Å². The lowest BCUT2D eigenvalue weighted by Gasteiger charge is -2.13. The molecule has 1 saturated heterocycles. The third-order valence-corrected chi connectivity index (χ3v) is 3.15. The van der Waals surface area contributed by atoms with Crippen molar-refractivity contribution >= 4 is 0 Å². The highest BCUT2D eigenvalue weighted by Gasteiger charge is 2.14. The van der Waals surface area contributed by atoms with Crippen molar-refractivity contribution in [1.29, 1.82) is 0 Å². The quantitative estimate of drug-likeness (QED) is 0.849. The Balaban J connectivity index is 1.86. The molecule has 3 nitrogen and oxygen atoms in total. The lowest BCUT2D eigenvalue weighted by Crippen LogP contribution is -2.25. The van der Waals surface area contributed by atoms with E-state index < -0.39 is 0 Å². The lowest BCUT2D eigenvalue weighted by molar-refractivity contribution is 0.110. The van der Waals surface area contributed by atoms with Crippen LogP contribution in [0.1, 0.15) is 24.0 Å². The molecule has 0 unspecified atom stereocenters. The number of nitrogens with one attached hydrogen (secondary N) is 1. The fourth-order valence-corrected chi connectivity index (χ4v) is 2.22. The van der Waals surface area contributed by atoms with Gasteiger partial charge in [0.2, 0.25) is 0 Å². The van der Waals surface area contributed by atoms with Gasteiger partial charge in [0.05, 0.1) is 13.2 Å². The summed E-state index contributed by atoms with van der Waals surface area (Å²) in [4.78, 5) is 0. The second-order valence-corrected chi connectivity index (χ2v) is 4.58. The van der Waals surface area contributed by atoms with Crippen LogP contribution in [0.15, 0.2) is 18.2 Å². The normalized spacial score (nSPS) is 19.5. The maximum Gasteiger partial charge on any atom is 0.123 e. The predicted octanol–water partition coefficient (Wildman–Crippen LogP) is 2.27. The van der Waals surface area contributed by atoms with Gasteiger partial charge in [-0.3, -0.25) is 0 Å². The molecule has 17 heavy (non-hydrogen) atoms. The monoisotopic (exact) mass is 235 g/mol. The molecule has 2 rings (SSSR count). The number of ether oxygens (including phenoxy) is 2. The van der Waals surface area contributed by atoms with E-state index in [1.165, 1.54) is 24.0 Å². The third kappa shape index (κ3) is 3.45. The first-order valence-corrected chi connectivity index (χ1v) is 6.25. The molecule has 1 aliphatic heterocycles. The number of aryl methyl sites for hydroxylation is 1. The van der Waals surface area contributed by atoms with Crippen molar-refractivity contribution in [2.24, 2.45) is 0 Å². The average Bonchev–Trinajstić information content (AvgIpc) is 2.82. The molecule has 1 aromatic rings. The Morgan fingerprint density at radius 2 is 2.35 bits per heavy atom. The van der Waals surface area contributed by atoms with E-state index in [1.54, 1.807) is 7.11 Å². The van der Waals surface area contributed by atoms with Gasteiger partial charge in [-0.1, -0.05) is 17.7 Å². The summed E-state index contributed by atoms with van der Waals surface area (Å²) in [6.45, 7) is 4.78. The summed E-state index contributed by atoms with van der Waals surface area (Å²) < 4.78 is 10.9. The minimum atomic E-state index is 0.394. The summed E-state index contributed by atoms with van der Waals surface area (Å²) in [6, 6.07) is 6.27. The first-order chi connectivity index (χ1) is 8.29. The molecule has 3 heteroatoms. The molecule has 1 atom stereocenters. The summed E-state index contributed by atoms with van der Waals surface area (Å²) in [5.74, 6) is 0.954. The van der Waals surface area contributed by atoms with Gasteiger partial charge in [-0.05, 0) is 25.8 Å². The van der Waals surface area contributed by atoms with Crippen LogP contribution in [0.2, 0.25) is 0 Å². The summed E-state index contributed by atoms with van der Waals surface area (Å²) in [5, 5.41) is 3.44. The average molecular weight is 235 g/mol. The number of benzene rings is 1. The Labute approximate surface area is 103 Å². The minimum Gasteiger partial charge on any atom is -0.496 e. The molecule has 0 aromatic heterocycles. The van der Waals surface area contributed by atoms with Crippen molar-refractivity contribution < 1.29 is 9.47 Å². The summed E-state index contributed by atoms with van der Waals surface area (Å²) in [5.41, 5.74) is 2.48. The van der Waals surface area contributed by atoms with Gasteiger partial charge < -0.3 is 14.8 Å². The Morgan fingerprint density at radius 3 is 3.06 bits per heavy atom. The largest absolute Gasteiger partial charge is 0.496 e. The highest BCUT2D eigenvalue weighted by molar-refractivity contribution is 5.36. The summed E-state index contributed by atoms with van der Waals surface area (Å²) in [6.07, 6.45) is 2.77. The van der Waals surface area contributed by atoms with E-state index in [0.717, 1.165) is 25.4 Å². The molecule has 1 aromatic carbocycles. The maximum atomic E-state index is 5.58. The zero-order valence-electron chi connectivity index (χ0n) is 10.7. The zero-order valence-corrected chi connectivity index (χ0v) is 10.7. The summed E-state index contributed by atoms with van der Waals surface area (Å²) >= 11 is 0. The molecule has 0 bridgehead atoms. The van der Waals surface area contributed by atoms with Crippen LogP contribution < -0.4 is 10.1 Å². The number of hydrogen-bond donors (Lipinski definition) is 1. The third-order valence-electron chi connectivity index (χ3n) is 3.15. The van der Waals surface area contributed by atoms with Gasteiger partial charge in [0.15, 0.2) is 0 Å². The molecule has 0 saturated carbocycles. The van der Waals surface area contributed by atoms with Crippen LogP contribution in [-0.4, -0.2) is 26.4 Å². The maximum absolute atomic E-state index is 5.58. The molecule has 1 fully saturated rings. The lowest BCUT2D eigenvalue weighted by atomic mass is 10.1. The molecule has 1 aliphatic rings. The summed E-state index contributed by atoms with van der Waals surface area (Å²) in [7, 11) is 1.72. The van der Waals surface area contributed by atoms with Crippen LogP contribution in [0.4, 0.5) is 0 Å². The Hall–Kier alpha value is -1.06. The van der Waals surface area contributed by atoms with Gasteiger partial charge in [0, 0.05) is 25.3 Å². The van der Waals surface area contributed by atoms with Crippen molar-refractivity contribution in [3.05, 3.63) is 29.3 Å². The van der Waals surface area contributed by atoms with Crippen LogP contribution >= 0.6 is 0 Å². The first-order valence-electron chi connectivity index (χ1n) is 6.25. The van der Waals surface area contributed by atoms with E-state index in [0.29, 0.717) is 6.10 Å². The topological polar surface area (TPSA) is 30.5 Å². The highest BCUT2D eigenvalue weighted by Crippen LogP contribution is 2.19. The molecule has 0 aliphatic carbocycles. The van der Waals surface area contributed by atoms with Gasteiger partial charge in [-0.2, -0.15) is 0 Å². The van der Waals surface area contributed by atoms with E-state index in [2.05, 4.69) is 24.4 Å². The van der Waals surface area contributed by atoms with Crippen LogP contribution in [-0.2, 0) is 11.3 Å². The van der Waals surface area contributed by atoms with E-state index in [1.807, 2.05) is 6.07 Å². The van der Waals surface area contributed by atoms with Crippen LogP contribution in [0, 0.1) is 6.92 Å². The molecule has 1 heterocycles. The second-order valence-electron chi connectivity index (χ2n) is 4.58. The van der Waals surface area contributed by atoms with Crippen molar-refractivity contribution in [2.75, 3.05) is 20.3 Å². The van der Waals surface area contributed by atoms with Crippen molar-refractivity contribution in [2.45, 2.75) is 32.4 Å². The molecular weight excluding hydrogens is 214 g/mol. The number of methoxy groups -OCH3 is 1. The molecule has 0 radical (unpaired) electrons. The zero-order chi connectivity index (χ0) is 12.1. The van der Waals surface area contributed by atoms with Gasteiger partial charge in [0.25, 0.3) is 0 Å². The molecule has 0 spiro atoms. The van der Waals surface area contributed by atoms with Gasteiger partial charge in [-0.15, -0.1) is 0 Å². The Bertz CT molecular complexity index is 359. The first kappa shape index (κ1) is 12.4. The number of rotatable bonds is 5. The molecular formula is C14H21NO2.